The Bertz CT molecular complexity index is 1840. The van der Waals surface area contributed by atoms with Gasteiger partial charge in [-0.3, -0.25) is 13.7 Å². The lowest BCUT2D eigenvalue weighted by Gasteiger charge is -2.11. The molecular weight excluding hydrogens is 564 g/mol. The zero-order chi connectivity index (χ0) is 28.6. The largest absolute Gasteiger partial charge is 0.396 e. The predicted molar refractivity (Wildman–Crippen MR) is 135 cm³/mol. The Kier molecular flexibility index (Phi) is 7.69. The fourth-order valence-corrected chi connectivity index (χ4v) is 5.15. The van der Waals surface area contributed by atoms with E-state index in [1.54, 1.807) is 13.8 Å². The van der Waals surface area contributed by atoms with Crippen LogP contribution in [0.1, 0.15) is 11.1 Å². The summed E-state index contributed by atoms with van der Waals surface area (Å²) >= 11 is 0. The van der Waals surface area contributed by atoms with Crippen LogP contribution < -0.4 is 11.5 Å². The molecule has 18 heteroatoms. The first-order chi connectivity index (χ1) is 17.4. The van der Waals surface area contributed by atoms with Gasteiger partial charge in [0.25, 0.3) is 30.4 Å². The Balaban J connectivity index is 2.24. The zero-order valence-corrected chi connectivity index (χ0v) is 22.0. The first-order valence-electron chi connectivity index (χ1n) is 10.1. The molecule has 0 heterocycles. The van der Waals surface area contributed by atoms with Crippen LogP contribution in [0.2, 0.25) is 0 Å². The molecule has 3 rings (SSSR count). The lowest BCUT2D eigenvalue weighted by Crippen LogP contribution is -2.05. The minimum atomic E-state index is -4.99. The van der Waals surface area contributed by atoms with Gasteiger partial charge in [-0.25, -0.2) is 0 Å². The maximum Gasteiger partial charge on any atom is 0.296 e. The van der Waals surface area contributed by atoms with E-state index >= 15 is 0 Å². The fourth-order valence-electron chi connectivity index (χ4n) is 3.10. The third-order valence-electron chi connectivity index (χ3n) is 4.91. The third-order valence-corrected chi connectivity index (χ3v) is 7.57. The number of aryl methyl sites for hydroxylation is 2. The number of nitrogen functional groups attached to an aromatic ring is 2. The molecule has 0 spiro atoms. The Morgan fingerprint density at radius 3 is 1.37 bits per heavy atom. The summed E-state index contributed by atoms with van der Waals surface area (Å²) in [6, 6.07) is 8.31. The molecule has 3 aromatic rings. The first kappa shape index (κ1) is 28.8. The average molecular weight is 585 g/mol. The maximum absolute atomic E-state index is 11.9. The van der Waals surface area contributed by atoms with Crippen LogP contribution in [-0.4, -0.2) is 38.9 Å². The highest BCUT2D eigenvalue weighted by atomic mass is 32.2. The van der Waals surface area contributed by atoms with Crippen molar-refractivity contribution in [2.24, 2.45) is 20.5 Å². The highest BCUT2D eigenvalue weighted by Gasteiger charge is 2.23. The van der Waals surface area contributed by atoms with Crippen molar-refractivity contribution in [2.45, 2.75) is 28.5 Å². The van der Waals surface area contributed by atoms with Crippen molar-refractivity contribution in [2.75, 3.05) is 11.5 Å². The van der Waals surface area contributed by atoms with Crippen LogP contribution in [0.3, 0.4) is 0 Å². The molecule has 0 aliphatic carbocycles. The highest BCUT2D eigenvalue weighted by molar-refractivity contribution is 7.86. The molecule has 0 saturated heterocycles. The zero-order valence-electron chi connectivity index (χ0n) is 19.5. The number of anilines is 2. The van der Waals surface area contributed by atoms with Gasteiger partial charge in [0.15, 0.2) is 0 Å². The smallest absolute Gasteiger partial charge is 0.296 e. The molecule has 0 bridgehead atoms. The molecule has 0 unspecified atom stereocenters. The van der Waals surface area contributed by atoms with Crippen molar-refractivity contribution >= 4 is 64.5 Å². The summed E-state index contributed by atoms with van der Waals surface area (Å²) in [5.74, 6) is 0. The SMILES string of the molecule is Cc1ccc(N=Nc2cc(S(=O)(=O)O)c(N)c(N=Nc3ccc(C)cc3S(=O)(=O)O)c2N)c(S(=O)(=O)O)c1. The van der Waals surface area contributed by atoms with E-state index in [4.69, 9.17) is 11.5 Å². The van der Waals surface area contributed by atoms with Crippen molar-refractivity contribution in [1.82, 2.24) is 0 Å². The lowest BCUT2D eigenvalue weighted by molar-refractivity contribution is 0.481. The molecule has 0 aromatic heterocycles. The molecule has 15 nitrogen and oxygen atoms in total. The van der Waals surface area contributed by atoms with Gasteiger partial charge in [-0.15, -0.1) is 20.5 Å². The van der Waals surface area contributed by atoms with Gasteiger partial charge in [-0.2, -0.15) is 25.3 Å². The van der Waals surface area contributed by atoms with E-state index in [2.05, 4.69) is 20.5 Å². The van der Waals surface area contributed by atoms with Crippen LogP contribution in [0.5, 0.6) is 0 Å². The van der Waals surface area contributed by atoms with Gasteiger partial charge in [0, 0.05) is 0 Å². The van der Waals surface area contributed by atoms with Crippen LogP contribution in [-0.2, 0) is 30.4 Å². The number of nitrogens with zero attached hydrogens (tertiary/aromatic N) is 4. The molecule has 0 radical (unpaired) electrons. The number of hydrogen-bond acceptors (Lipinski definition) is 12. The van der Waals surface area contributed by atoms with E-state index in [9.17, 15) is 38.9 Å². The molecule has 0 fully saturated rings. The minimum Gasteiger partial charge on any atom is -0.396 e. The summed E-state index contributed by atoms with van der Waals surface area (Å²) in [4.78, 5) is -2.11. The van der Waals surface area contributed by atoms with Crippen molar-refractivity contribution in [3.8, 4) is 0 Å². The Hall–Kier alpha value is -3.81. The first-order valence-corrected chi connectivity index (χ1v) is 14.4. The molecule has 0 saturated carbocycles. The van der Waals surface area contributed by atoms with Gasteiger partial charge in [0.05, 0.1) is 11.4 Å². The number of nitrogens with two attached hydrogens (primary N) is 2. The molecule has 7 N–H and O–H groups in total. The van der Waals surface area contributed by atoms with Gasteiger partial charge in [-0.1, -0.05) is 12.1 Å². The van der Waals surface area contributed by atoms with Crippen molar-refractivity contribution in [3.05, 3.63) is 53.6 Å². The topological polar surface area (TPSA) is 265 Å². The van der Waals surface area contributed by atoms with E-state index in [1.807, 2.05) is 0 Å². The van der Waals surface area contributed by atoms with Crippen LogP contribution in [0.15, 0.2) is 77.6 Å². The normalized spacial score (nSPS) is 13.0. The monoisotopic (exact) mass is 584 g/mol. The average Bonchev–Trinajstić information content (AvgIpc) is 2.77. The van der Waals surface area contributed by atoms with Crippen LogP contribution in [0.4, 0.5) is 34.1 Å². The summed E-state index contributed by atoms with van der Waals surface area (Å²) < 4.78 is 99.4. The van der Waals surface area contributed by atoms with Crippen LogP contribution >= 0.6 is 0 Å². The predicted octanol–water partition coefficient (Wildman–Crippen LogP) is 4.04. The van der Waals surface area contributed by atoms with E-state index in [1.165, 1.54) is 24.3 Å². The molecule has 202 valence electrons. The molecule has 0 aliphatic heterocycles. The van der Waals surface area contributed by atoms with E-state index in [-0.39, 0.29) is 11.4 Å². The molecular formula is C20H20N6O9S3. The number of azo groups is 2. The number of benzene rings is 3. The summed E-state index contributed by atoms with van der Waals surface area (Å²) in [6.45, 7) is 3.12. The second-order valence-corrected chi connectivity index (χ2v) is 12.0. The second-order valence-electron chi connectivity index (χ2n) is 7.84. The lowest BCUT2D eigenvalue weighted by atomic mass is 10.2. The van der Waals surface area contributed by atoms with E-state index in [0.717, 1.165) is 18.2 Å². The van der Waals surface area contributed by atoms with Crippen molar-refractivity contribution in [1.29, 1.82) is 0 Å². The summed E-state index contributed by atoms with van der Waals surface area (Å²) in [6.07, 6.45) is 0. The van der Waals surface area contributed by atoms with Gasteiger partial charge in [0.1, 0.15) is 37.4 Å². The highest BCUT2D eigenvalue weighted by Crippen LogP contribution is 2.43. The van der Waals surface area contributed by atoms with E-state index < -0.39 is 67.8 Å². The van der Waals surface area contributed by atoms with E-state index in [0.29, 0.717) is 11.1 Å². The summed E-state index contributed by atoms with van der Waals surface area (Å²) in [5.41, 5.74) is 9.97. The standard InChI is InChI=1S/C20H20N6O9S3/c1-10-3-5-12(15(7-10)36(27,28)29)23-25-14-9-17(38(33,34)35)19(22)20(18(14)21)26-24-13-6-4-11(2)8-16(13)37(30,31)32/h3-9H,21-22H2,1-2H3,(H,27,28,29)(H,30,31,32)(H,33,34,35). The Morgan fingerprint density at radius 2 is 0.947 bits per heavy atom. The van der Waals surface area contributed by atoms with Crippen molar-refractivity contribution in [3.63, 3.8) is 0 Å². The van der Waals surface area contributed by atoms with Crippen LogP contribution in [0.25, 0.3) is 0 Å². The molecule has 0 atom stereocenters. The summed E-state index contributed by atoms with van der Waals surface area (Å²) in [5, 5.41) is 14.9. The quantitative estimate of drug-likeness (QED) is 0.150. The molecule has 0 aliphatic rings. The fraction of sp³-hybridized carbons (Fsp3) is 0.100. The Morgan fingerprint density at radius 1 is 0.553 bits per heavy atom. The molecule has 0 amide bonds. The van der Waals surface area contributed by atoms with Crippen LogP contribution in [0, 0.1) is 13.8 Å². The van der Waals surface area contributed by atoms with Gasteiger partial charge in [-0.05, 0) is 55.3 Å². The number of rotatable bonds is 7. The van der Waals surface area contributed by atoms with Crippen molar-refractivity contribution < 1.29 is 38.9 Å². The maximum atomic E-state index is 11.9. The second kappa shape index (κ2) is 10.2. The third kappa shape index (κ3) is 6.36. The molecule has 3 aromatic carbocycles. The number of hydrogen-bond donors (Lipinski definition) is 5. The van der Waals surface area contributed by atoms with Gasteiger partial charge >= 0.3 is 0 Å². The minimum absolute atomic E-state index is 0.330. The van der Waals surface area contributed by atoms with Gasteiger partial charge in [0.2, 0.25) is 0 Å². The Labute approximate surface area is 217 Å². The summed E-state index contributed by atoms with van der Waals surface area (Å²) in [7, 11) is -14.4. The van der Waals surface area contributed by atoms with Gasteiger partial charge < -0.3 is 11.5 Å². The molecule has 38 heavy (non-hydrogen) atoms.